The molecule has 0 aliphatic heterocycles. The number of hydrogen-bond acceptors (Lipinski definition) is 2. The third kappa shape index (κ3) is 0.875. The van der Waals surface area contributed by atoms with E-state index in [0.29, 0.717) is 0 Å². The molecule has 0 amide bonds. The summed E-state index contributed by atoms with van der Waals surface area (Å²) in [4.78, 5) is 0. The van der Waals surface area contributed by atoms with Crippen LogP contribution in [0.3, 0.4) is 0 Å². The maximum Gasteiger partial charge on any atom is 0.0949 e. The molecule has 0 saturated heterocycles. The van der Waals surface area contributed by atoms with Crippen molar-refractivity contribution >= 4 is 43.7 Å². The second-order valence-corrected chi connectivity index (χ2v) is 4.76. The van der Waals surface area contributed by atoms with Crippen molar-refractivity contribution in [1.29, 1.82) is 0 Å². The zero-order chi connectivity index (χ0) is 7.14. The molecular formula is C7H5ClS2. The smallest absolute Gasteiger partial charge is 0.0949 e. The normalized spacial score (nSPS) is 11.0. The lowest BCUT2D eigenvalue weighted by Gasteiger charge is -1.76. The summed E-state index contributed by atoms with van der Waals surface area (Å²) < 4.78 is 3.55. The van der Waals surface area contributed by atoms with Gasteiger partial charge in [0.1, 0.15) is 0 Å². The van der Waals surface area contributed by atoms with Gasteiger partial charge < -0.3 is 0 Å². The first kappa shape index (κ1) is 6.65. The first-order valence-electron chi connectivity index (χ1n) is 2.90. The molecule has 0 nitrogen and oxygen atoms in total. The Balaban J connectivity index is 2.90. The first-order chi connectivity index (χ1) is 4.77. The van der Waals surface area contributed by atoms with E-state index in [9.17, 15) is 0 Å². The van der Waals surface area contributed by atoms with Crippen LogP contribution >= 0.6 is 34.3 Å². The van der Waals surface area contributed by atoms with E-state index in [4.69, 9.17) is 11.6 Å². The summed E-state index contributed by atoms with van der Waals surface area (Å²) >= 11 is 9.24. The van der Waals surface area contributed by atoms with Crippen molar-refractivity contribution in [3.8, 4) is 0 Å². The number of aryl methyl sites for hydroxylation is 1. The number of fused-ring (bicyclic) bond motifs is 1. The Labute approximate surface area is 72.1 Å². The van der Waals surface area contributed by atoms with E-state index >= 15 is 0 Å². The summed E-state index contributed by atoms with van der Waals surface area (Å²) in [5.41, 5.74) is 1.34. The van der Waals surface area contributed by atoms with Crippen molar-refractivity contribution in [3.63, 3.8) is 0 Å². The Hall–Kier alpha value is -0.0500. The van der Waals surface area contributed by atoms with Gasteiger partial charge in [0.25, 0.3) is 0 Å². The maximum atomic E-state index is 5.82. The second kappa shape index (κ2) is 2.22. The molecule has 0 spiro atoms. The van der Waals surface area contributed by atoms with Gasteiger partial charge in [-0.05, 0) is 23.9 Å². The van der Waals surface area contributed by atoms with Gasteiger partial charge in [0.15, 0.2) is 0 Å². The number of thiophene rings is 2. The lowest BCUT2D eigenvalue weighted by Crippen LogP contribution is -1.53. The molecule has 0 aromatic carbocycles. The molecule has 2 aromatic heterocycles. The van der Waals surface area contributed by atoms with E-state index in [1.54, 1.807) is 22.7 Å². The fraction of sp³-hybridized carbons (Fsp3) is 0.143. The van der Waals surface area contributed by atoms with Crippen molar-refractivity contribution in [2.45, 2.75) is 6.92 Å². The molecule has 0 fully saturated rings. The highest BCUT2D eigenvalue weighted by Crippen LogP contribution is 2.35. The molecule has 0 radical (unpaired) electrons. The largest absolute Gasteiger partial charge is 0.143 e. The molecule has 0 N–H and O–H groups in total. The summed E-state index contributed by atoms with van der Waals surface area (Å²) in [5, 5.41) is 2.16. The average Bonchev–Trinajstić information content (AvgIpc) is 2.35. The molecule has 3 heteroatoms. The Bertz CT molecular complexity index is 358. The molecule has 0 unspecified atom stereocenters. The van der Waals surface area contributed by atoms with E-state index in [1.807, 2.05) is 6.07 Å². The first-order valence-corrected chi connectivity index (χ1v) is 4.98. The molecule has 0 aliphatic carbocycles. The number of rotatable bonds is 0. The SMILES string of the molecule is Cc1csc2cc(Cl)sc12. The van der Waals surface area contributed by atoms with Crippen molar-refractivity contribution in [2.24, 2.45) is 0 Å². The van der Waals surface area contributed by atoms with E-state index in [0.717, 1.165) is 4.34 Å². The molecule has 0 bridgehead atoms. The van der Waals surface area contributed by atoms with Gasteiger partial charge in [0.2, 0.25) is 0 Å². The van der Waals surface area contributed by atoms with Crippen LogP contribution in [0.4, 0.5) is 0 Å². The highest BCUT2D eigenvalue weighted by atomic mass is 35.5. The number of halogens is 1. The zero-order valence-corrected chi connectivity index (χ0v) is 7.74. The maximum absolute atomic E-state index is 5.82. The summed E-state index contributed by atoms with van der Waals surface area (Å²) in [5.74, 6) is 0. The van der Waals surface area contributed by atoms with Crippen LogP contribution in [0.15, 0.2) is 11.4 Å². The summed E-state index contributed by atoms with van der Waals surface area (Å²) in [6.07, 6.45) is 0. The quantitative estimate of drug-likeness (QED) is 0.588. The van der Waals surface area contributed by atoms with Crippen molar-refractivity contribution in [1.82, 2.24) is 0 Å². The third-order valence-corrected chi connectivity index (χ3v) is 3.96. The van der Waals surface area contributed by atoms with Crippen LogP contribution in [0, 0.1) is 6.92 Å². The van der Waals surface area contributed by atoms with Gasteiger partial charge in [-0.3, -0.25) is 0 Å². The van der Waals surface area contributed by atoms with Crippen LogP contribution in [-0.4, -0.2) is 0 Å². The van der Waals surface area contributed by atoms with E-state index in [-0.39, 0.29) is 0 Å². The molecular weight excluding hydrogens is 184 g/mol. The lowest BCUT2D eigenvalue weighted by atomic mass is 10.4. The molecule has 2 heterocycles. The minimum atomic E-state index is 0.893. The van der Waals surface area contributed by atoms with Gasteiger partial charge in [0, 0.05) is 9.40 Å². The van der Waals surface area contributed by atoms with Gasteiger partial charge >= 0.3 is 0 Å². The Morgan fingerprint density at radius 3 is 3.00 bits per heavy atom. The Kier molecular flexibility index (Phi) is 1.48. The van der Waals surface area contributed by atoms with Crippen LogP contribution in [0.2, 0.25) is 4.34 Å². The van der Waals surface area contributed by atoms with E-state index in [1.165, 1.54) is 15.0 Å². The minimum Gasteiger partial charge on any atom is -0.143 e. The van der Waals surface area contributed by atoms with Gasteiger partial charge in [-0.25, -0.2) is 0 Å². The molecule has 2 rings (SSSR count). The third-order valence-electron chi connectivity index (χ3n) is 1.39. The summed E-state index contributed by atoms with van der Waals surface area (Å²) in [7, 11) is 0. The minimum absolute atomic E-state index is 0.893. The van der Waals surface area contributed by atoms with E-state index in [2.05, 4.69) is 12.3 Å². The van der Waals surface area contributed by atoms with Crippen LogP contribution in [0.1, 0.15) is 5.56 Å². The highest BCUT2D eigenvalue weighted by molar-refractivity contribution is 7.29. The summed E-state index contributed by atoms with van der Waals surface area (Å²) in [6, 6.07) is 2.03. The van der Waals surface area contributed by atoms with Crippen LogP contribution < -0.4 is 0 Å². The van der Waals surface area contributed by atoms with Gasteiger partial charge in [-0.2, -0.15) is 0 Å². The predicted octanol–water partition coefficient (Wildman–Crippen LogP) is 3.92. The molecule has 0 aliphatic rings. The highest BCUT2D eigenvalue weighted by Gasteiger charge is 2.03. The van der Waals surface area contributed by atoms with Crippen molar-refractivity contribution < 1.29 is 0 Å². The van der Waals surface area contributed by atoms with Crippen molar-refractivity contribution in [2.75, 3.05) is 0 Å². The van der Waals surface area contributed by atoms with Crippen LogP contribution in [-0.2, 0) is 0 Å². The fourth-order valence-corrected chi connectivity index (χ4v) is 3.36. The zero-order valence-electron chi connectivity index (χ0n) is 5.35. The van der Waals surface area contributed by atoms with Crippen LogP contribution in [0.5, 0.6) is 0 Å². The van der Waals surface area contributed by atoms with Gasteiger partial charge in [-0.15, -0.1) is 22.7 Å². The van der Waals surface area contributed by atoms with E-state index < -0.39 is 0 Å². The molecule has 52 valence electrons. The predicted molar refractivity (Wildman–Crippen MR) is 49.4 cm³/mol. The Morgan fingerprint density at radius 2 is 2.30 bits per heavy atom. The second-order valence-electron chi connectivity index (χ2n) is 2.16. The number of hydrogen-bond donors (Lipinski definition) is 0. The average molecular weight is 189 g/mol. The topological polar surface area (TPSA) is 0 Å². The monoisotopic (exact) mass is 188 g/mol. The molecule has 0 saturated carbocycles. The lowest BCUT2D eigenvalue weighted by molar-refractivity contribution is 1.62. The standard InChI is InChI=1S/C7H5ClS2/c1-4-3-9-5-2-6(8)10-7(4)5/h2-3H,1H3. The summed E-state index contributed by atoms with van der Waals surface area (Å²) in [6.45, 7) is 2.12. The Morgan fingerprint density at radius 1 is 1.50 bits per heavy atom. The fourth-order valence-electron chi connectivity index (χ4n) is 0.914. The molecule has 2 aromatic rings. The van der Waals surface area contributed by atoms with Crippen molar-refractivity contribution in [3.05, 3.63) is 21.3 Å². The molecule has 0 atom stereocenters. The molecule has 10 heavy (non-hydrogen) atoms. The van der Waals surface area contributed by atoms with Gasteiger partial charge in [-0.1, -0.05) is 11.6 Å². The van der Waals surface area contributed by atoms with Gasteiger partial charge in [0.05, 0.1) is 4.34 Å². The van der Waals surface area contributed by atoms with Crippen LogP contribution in [0.25, 0.3) is 9.40 Å².